The standard InChI is InChI=1S/C14H10BrNO4.C5H5.Fe/c15-10-7-11(14(18)12(8-10)16(19)20)13(17)6-5-9-3-1-2-4-9;1-2-4-5-3-1;/h1-8,17-18H;1-5H;/q;-1;+2/p-1. The zero-order valence-electron chi connectivity index (χ0n) is 13.4. The van der Waals surface area contributed by atoms with Gasteiger partial charge in [-0.25, -0.2) is 12.1 Å². The summed E-state index contributed by atoms with van der Waals surface area (Å²) in [7, 11) is 0. The van der Waals surface area contributed by atoms with E-state index in [0.29, 0.717) is 4.47 Å². The van der Waals surface area contributed by atoms with Crippen LogP contribution in [0.15, 0.2) is 89.0 Å². The van der Waals surface area contributed by atoms with Crippen molar-refractivity contribution in [3.8, 4) is 5.75 Å². The summed E-state index contributed by atoms with van der Waals surface area (Å²) in [5.41, 5.74) is 0.157. The van der Waals surface area contributed by atoms with Crippen LogP contribution in [0.25, 0.3) is 5.76 Å². The molecule has 0 amide bonds. The molecule has 0 spiro atoms. The molecule has 1 aliphatic carbocycles. The van der Waals surface area contributed by atoms with Gasteiger partial charge in [0.05, 0.1) is 4.92 Å². The van der Waals surface area contributed by atoms with Crippen LogP contribution in [0.4, 0.5) is 5.69 Å². The quantitative estimate of drug-likeness (QED) is 0.237. The maximum atomic E-state index is 11.9. The predicted molar refractivity (Wildman–Crippen MR) is 99.2 cm³/mol. The molecular weight excluding hydrogens is 442 g/mol. The molecule has 0 aromatic heterocycles. The van der Waals surface area contributed by atoms with Crippen LogP contribution in [0.2, 0.25) is 0 Å². The van der Waals surface area contributed by atoms with Crippen molar-refractivity contribution in [1.82, 2.24) is 0 Å². The fourth-order valence-electron chi connectivity index (χ4n) is 1.99. The van der Waals surface area contributed by atoms with Gasteiger partial charge in [0.2, 0.25) is 0 Å². The van der Waals surface area contributed by atoms with E-state index in [-0.39, 0.29) is 28.4 Å². The van der Waals surface area contributed by atoms with E-state index in [1.54, 1.807) is 6.08 Å². The molecule has 2 aromatic rings. The number of hydrogen-bond acceptors (Lipinski definition) is 4. The molecule has 0 atom stereocenters. The number of halogens is 1. The Bertz CT molecular complexity index is 837. The van der Waals surface area contributed by atoms with E-state index in [4.69, 9.17) is 0 Å². The monoisotopic (exact) mass is 455 g/mol. The van der Waals surface area contributed by atoms with E-state index in [1.807, 2.05) is 54.6 Å². The van der Waals surface area contributed by atoms with Gasteiger partial charge in [-0.3, -0.25) is 10.1 Å². The average Bonchev–Trinajstić information content (AvgIpc) is 3.30. The van der Waals surface area contributed by atoms with Crippen LogP contribution in [0.3, 0.4) is 0 Å². The fraction of sp³-hybridized carbons (Fsp3) is 0. The Balaban J connectivity index is 0.000000486. The van der Waals surface area contributed by atoms with Gasteiger partial charge in [0.1, 0.15) is 5.76 Å². The van der Waals surface area contributed by atoms with Gasteiger partial charge in [-0.2, -0.15) is 18.2 Å². The molecule has 7 heteroatoms. The molecule has 3 rings (SSSR count). The number of aliphatic hydroxyl groups excluding tert-OH is 1. The van der Waals surface area contributed by atoms with Crippen molar-refractivity contribution in [1.29, 1.82) is 0 Å². The summed E-state index contributed by atoms with van der Waals surface area (Å²) < 4.78 is 0.354. The maximum absolute atomic E-state index is 11.9. The van der Waals surface area contributed by atoms with Crippen LogP contribution in [0.5, 0.6) is 5.75 Å². The first-order valence-corrected chi connectivity index (χ1v) is 8.06. The largest absolute Gasteiger partial charge is 2.00 e. The average molecular weight is 456 g/mol. The number of aliphatic hydroxyl groups is 1. The topological polar surface area (TPSA) is 86.4 Å². The molecule has 2 aromatic carbocycles. The molecule has 26 heavy (non-hydrogen) atoms. The molecule has 0 unspecified atom stereocenters. The summed E-state index contributed by atoms with van der Waals surface area (Å²) in [4.78, 5) is 10.00. The number of nitro benzene ring substituents is 1. The second-order valence-corrected chi connectivity index (χ2v) is 5.87. The van der Waals surface area contributed by atoms with E-state index in [2.05, 4.69) is 15.9 Å². The summed E-state index contributed by atoms with van der Waals surface area (Å²) in [6, 6.07) is 12.5. The Labute approximate surface area is 169 Å². The zero-order chi connectivity index (χ0) is 18.2. The van der Waals surface area contributed by atoms with Crippen LogP contribution in [-0.4, -0.2) is 10.0 Å². The Morgan fingerprint density at radius 1 is 1.19 bits per heavy atom. The van der Waals surface area contributed by atoms with Crippen molar-refractivity contribution >= 4 is 27.4 Å². The molecule has 0 aliphatic heterocycles. The van der Waals surface area contributed by atoms with Crippen molar-refractivity contribution in [3.05, 3.63) is 105 Å². The zero-order valence-corrected chi connectivity index (χ0v) is 16.0. The molecule has 1 aliphatic rings. The molecule has 1 N–H and O–H groups in total. The number of nitrogens with zero attached hydrogens (tertiary/aromatic N) is 1. The Kier molecular flexibility index (Phi) is 8.72. The van der Waals surface area contributed by atoms with Gasteiger partial charge in [-0.15, -0.1) is 0 Å². The maximum Gasteiger partial charge on any atom is 2.00 e. The second kappa shape index (κ2) is 10.5. The minimum Gasteiger partial charge on any atom is -0.867 e. The Hall–Kier alpha value is -2.47. The predicted octanol–water partition coefficient (Wildman–Crippen LogP) is 4.79. The molecular formula is C19H14BrFeNO4. The van der Waals surface area contributed by atoms with Gasteiger partial charge in [0, 0.05) is 16.1 Å². The van der Waals surface area contributed by atoms with Gasteiger partial charge in [-0.05, 0) is 23.5 Å². The van der Waals surface area contributed by atoms with E-state index in [1.165, 1.54) is 12.1 Å². The van der Waals surface area contributed by atoms with Crippen molar-refractivity contribution in [2.45, 2.75) is 0 Å². The summed E-state index contributed by atoms with van der Waals surface area (Å²) in [5.74, 6) is -1.14. The van der Waals surface area contributed by atoms with Crippen molar-refractivity contribution in [2.75, 3.05) is 0 Å². The van der Waals surface area contributed by atoms with Crippen LogP contribution in [0, 0.1) is 10.1 Å². The van der Waals surface area contributed by atoms with Crippen molar-refractivity contribution < 1.29 is 32.2 Å². The molecule has 0 bridgehead atoms. The van der Waals surface area contributed by atoms with Crippen molar-refractivity contribution in [3.63, 3.8) is 0 Å². The summed E-state index contributed by atoms with van der Waals surface area (Å²) in [5, 5.41) is 32.6. The number of allylic oxidation sites excluding steroid dienone is 7. The van der Waals surface area contributed by atoms with Gasteiger partial charge in [0.15, 0.2) is 0 Å². The molecule has 0 fully saturated rings. The van der Waals surface area contributed by atoms with Crippen molar-refractivity contribution in [2.24, 2.45) is 0 Å². The van der Waals surface area contributed by atoms with E-state index < -0.39 is 16.4 Å². The van der Waals surface area contributed by atoms with E-state index >= 15 is 0 Å². The summed E-state index contributed by atoms with van der Waals surface area (Å²) in [6.07, 6.45) is 10.3. The van der Waals surface area contributed by atoms with E-state index in [0.717, 1.165) is 11.6 Å². The van der Waals surface area contributed by atoms with Crippen LogP contribution >= 0.6 is 15.9 Å². The van der Waals surface area contributed by atoms with Gasteiger partial charge in [-0.1, -0.05) is 46.3 Å². The molecule has 0 saturated heterocycles. The Morgan fingerprint density at radius 3 is 2.31 bits per heavy atom. The third-order valence-corrected chi connectivity index (χ3v) is 3.64. The molecule has 5 nitrogen and oxygen atoms in total. The fourth-order valence-corrected chi connectivity index (χ4v) is 2.44. The third kappa shape index (κ3) is 6.11. The number of benzene rings is 1. The van der Waals surface area contributed by atoms with Crippen LogP contribution in [-0.2, 0) is 17.1 Å². The molecule has 134 valence electrons. The van der Waals surface area contributed by atoms with Crippen LogP contribution in [0.1, 0.15) is 5.56 Å². The second-order valence-electron chi connectivity index (χ2n) is 4.96. The first-order valence-electron chi connectivity index (χ1n) is 7.26. The van der Waals surface area contributed by atoms with Crippen LogP contribution < -0.4 is 5.11 Å². The minimum absolute atomic E-state index is 0. The Morgan fingerprint density at radius 2 is 1.81 bits per heavy atom. The first kappa shape index (κ1) is 21.6. The summed E-state index contributed by atoms with van der Waals surface area (Å²) >= 11 is 3.08. The number of rotatable bonds is 3. The molecule has 0 heterocycles. The molecule has 0 saturated carbocycles. The number of hydrogen-bond donors (Lipinski definition) is 1. The first-order chi connectivity index (χ1) is 12.0. The normalized spacial score (nSPS) is 12.2. The smallest absolute Gasteiger partial charge is 0.867 e. The van der Waals surface area contributed by atoms with Gasteiger partial charge < -0.3 is 10.2 Å². The minimum atomic E-state index is -0.817. The van der Waals surface area contributed by atoms with E-state index in [9.17, 15) is 20.3 Å². The number of nitro groups is 1. The van der Waals surface area contributed by atoms with Gasteiger partial charge in [0.25, 0.3) is 5.69 Å². The SMILES string of the molecule is O=[N+]([O-])c1cc(Br)cc(C(O)=CC=C2C=CC=C2)c1[O-].[Fe+2].c1cc[cH-]c1. The molecule has 0 radical (unpaired) electrons. The van der Waals surface area contributed by atoms with Gasteiger partial charge >= 0.3 is 17.1 Å². The summed E-state index contributed by atoms with van der Waals surface area (Å²) in [6.45, 7) is 0. The third-order valence-electron chi connectivity index (χ3n) is 3.18.